The number of carbonyl (C=O) groups is 1. The number of aryl methyl sites for hydroxylation is 1. The second-order valence-corrected chi connectivity index (χ2v) is 9.08. The Balaban J connectivity index is 2.01. The first-order chi connectivity index (χ1) is 13.3. The van der Waals surface area contributed by atoms with Crippen molar-refractivity contribution in [3.05, 3.63) is 96.1 Å². The quantitative estimate of drug-likeness (QED) is 0.677. The summed E-state index contributed by atoms with van der Waals surface area (Å²) in [7, 11) is -3.67. The second-order valence-electron chi connectivity index (χ2n) is 7.09. The fourth-order valence-electron chi connectivity index (χ4n) is 3.08. The standard InChI is InChI=1S/C23H23NO3S/c1-18-13-15-19(16-14-18)23(2,22(25)24-20-9-5-3-6-10-20)17-28(26,27)21-11-7-4-8-12-21/h3-16H,17H2,1-2H3,(H,24,25). The smallest absolute Gasteiger partial charge is 0.235 e. The number of benzene rings is 3. The Morgan fingerprint density at radius 3 is 1.96 bits per heavy atom. The van der Waals surface area contributed by atoms with Crippen molar-refractivity contribution in [3.63, 3.8) is 0 Å². The maximum Gasteiger partial charge on any atom is 0.235 e. The van der Waals surface area contributed by atoms with Gasteiger partial charge in [-0.1, -0.05) is 66.2 Å². The fourth-order valence-corrected chi connectivity index (χ4v) is 4.88. The summed E-state index contributed by atoms with van der Waals surface area (Å²) in [4.78, 5) is 13.5. The van der Waals surface area contributed by atoms with Gasteiger partial charge in [-0.05, 0) is 43.7 Å². The van der Waals surface area contributed by atoms with E-state index in [0.29, 0.717) is 11.3 Å². The lowest BCUT2D eigenvalue weighted by Gasteiger charge is -2.29. The molecule has 0 aliphatic rings. The number of anilines is 1. The zero-order valence-corrected chi connectivity index (χ0v) is 16.7. The monoisotopic (exact) mass is 393 g/mol. The molecule has 0 bridgehead atoms. The lowest BCUT2D eigenvalue weighted by atomic mass is 9.83. The number of amides is 1. The van der Waals surface area contributed by atoms with Crippen LogP contribution < -0.4 is 5.32 Å². The number of sulfone groups is 1. The zero-order chi connectivity index (χ0) is 20.2. The Hall–Kier alpha value is -2.92. The molecule has 28 heavy (non-hydrogen) atoms. The second kappa shape index (κ2) is 7.98. The zero-order valence-electron chi connectivity index (χ0n) is 15.9. The molecule has 0 spiro atoms. The van der Waals surface area contributed by atoms with Gasteiger partial charge in [0.05, 0.1) is 16.1 Å². The Bertz CT molecular complexity index is 1050. The van der Waals surface area contributed by atoms with E-state index in [1.165, 1.54) is 0 Å². The van der Waals surface area contributed by atoms with E-state index in [1.54, 1.807) is 49.4 Å². The van der Waals surface area contributed by atoms with Crippen LogP contribution >= 0.6 is 0 Å². The van der Waals surface area contributed by atoms with Crippen LogP contribution in [0.2, 0.25) is 0 Å². The highest BCUT2D eigenvalue weighted by atomic mass is 32.2. The Labute approximate surface area is 166 Å². The highest BCUT2D eigenvalue weighted by Crippen LogP contribution is 2.30. The van der Waals surface area contributed by atoms with Gasteiger partial charge in [-0.3, -0.25) is 4.79 Å². The molecule has 1 unspecified atom stereocenters. The number of hydrogen-bond donors (Lipinski definition) is 1. The van der Waals surface area contributed by atoms with Gasteiger partial charge in [0.1, 0.15) is 0 Å². The van der Waals surface area contributed by atoms with E-state index in [9.17, 15) is 13.2 Å². The minimum absolute atomic E-state index is 0.209. The molecule has 0 aliphatic heterocycles. The Morgan fingerprint density at radius 2 is 1.39 bits per heavy atom. The van der Waals surface area contributed by atoms with Crippen molar-refractivity contribution in [1.29, 1.82) is 0 Å². The van der Waals surface area contributed by atoms with Crippen LogP contribution in [-0.2, 0) is 20.0 Å². The normalized spacial score (nSPS) is 13.5. The van der Waals surface area contributed by atoms with Crippen molar-refractivity contribution in [2.75, 3.05) is 11.1 Å². The molecule has 4 nitrogen and oxygen atoms in total. The topological polar surface area (TPSA) is 63.2 Å². The molecule has 0 saturated heterocycles. The lowest BCUT2D eigenvalue weighted by molar-refractivity contribution is -0.120. The van der Waals surface area contributed by atoms with Crippen molar-refractivity contribution in [2.45, 2.75) is 24.2 Å². The van der Waals surface area contributed by atoms with Crippen molar-refractivity contribution in [1.82, 2.24) is 0 Å². The fraction of sp³-hybridized carbons (Fsp3) is 0.174. The van der Waals surface area contributed by atoms with Gasteiger partial charge in [0.2, 0.25) is 5.91 Å². The van der Waals surface area contributed by atoms with Crippen LogP contribution in [0.15, 0.2) is 89.8 Å². The predicted octanol–water partition coefficient (Wildman–Crippen LogP) is 4.37. The number of carbonyl (C=O) groups excluding carboxylic acids is 1. The van der Waals surface area contributed by atoms with Crippen molar-refractivity contribution >= 4 is 21.4 Å². The number of rotatable bonds is 6. The lowest BCUT2D eigenvalue weighted by Crippen LogP contribution is -2.43. The Kier molecular flexibility index (Phi) is 5.66. The molecule has 0 aliphatic carbocycles. The number of hydrogen-bond acceptors (Lipinski definition) is 3. The van der Waals surface area contributed by atoms with E-state index in [0.717, 1.165) is 5.56 Å². The summed E-state index contributed by atoms with van der Waals surface area (Å²) in [5.41, 5.74) is 1.08. The van der Waals surface area contributed by atoms with E-state index in [2.05, 4.69) is 5.32 Å². The molecule has 3 aromatic carbocycles. The molecule has 144 valence electrons. The van der Waals surface area contributed by atoms with Gasteiger partial charge in [0, 0.05) is 5.69 Å². The van der Waals surface area contributed by atoms with Crippen LogP contribution in [0.5, 0.6) is 0 Å². The maximum absolute atomic E-state index is 13.3. The van der Waals surface area contributed by atoms with Gasteiger partial charge in [-0.2, -0.15) is 0 Å². The van der Waals surface area contributed by atoms with Gasteiger partial charge in [-0.15, -0.1) is 0 Å². The van der Waals surface area contributed by atoms with Crippen LogP contribution in [0.1, 0.15) is 18.1 Å². The minimum atomic E-state index is -3.67. The van der Waals surface area contributed by atoms with Gasteiger partial charge in [-0.25, -0.2) is 8.42 Å². The third-order valence-corrected chi connectivity index (χ3v) is 6.75. The molecule has 0 radical (unpaired) electrons. The van der Waals surface area contributed by atoms with E-state index >= 15 is 0 Å². The molecule has 0 heterocycles. The maximum atomic E-state index is 13.3. The molecule has 1 N–H and O–H groups in total. The first-order valence-corrected chi connectivity index (χ1v) is 10.7. The number of para-hydroxylation sites is 1. The van der Waals surface area contributed by atoms with E-state index in [4.69, 9.17) is 0 Å². The van der Waals surface area contributed by atoms with Gasteiger partial charge >= 0.3 is 0 Å². The van der Waals surface area contributed by atoms with E-state index in [1.807, 2.05) is 49.4 Å². The summed E-state index contributed by atoms with van der Waals surface area (Å²) in [5.74, 6) is -0.687. The molecule has 5 heteroatoms. The van der Waals surface area contributed by atoms with Gasteiger partial charge < -0.3 is 5.32 Å². The Morgan fingerprint density at radius 1 is 0.857 bits per heavy atom. The molecule has 3 aromatic rings. The van der Waals surface area contributed by atoms with Gasteiger partial charge in [0.25, 0.3) is 0 Å². The molecule has 0 aromatic heterocycles. The summed E-state index contributed by atoms with van der Waals surface area (Å²) in [6.45, 7) is 3.63. The SMILES string of the molecule is Cc1ccc(C(C)(CS(=O)(=O)c2ccccc2)C(=O)Nc2ccccc2)cc1. The van der Waals surface area contributed by atoms with E-state index < -0.39 is 15.3 Å². The largest absolute Gasteiger partial charge is 0.325 e. The van der Waals surface area contributed by atoms with Crippen molar-refractivity contribution in [3.8, 4) is 0 Å². The summed E-state index contributed by atoms with van der Waals surface area (Å²) in [6, 6.07) is 24.7. The van der Waals surface area contributed by atoms with Crippen LogP contribution in [-0.4, -0.2) is 20.1 Å². The van der Waals surface area contributed by atoms with Crippen LogP contribution in [0.3, 0.4) is 0 Å². The molecule has 1 amide bonds. The van der Waals surface area contributed by atoms with Crippen LogP contribution in [0.25, 0.3) is 0 Å². The molecule has 1 atom stereocenters. The van der Waals surface area contributed by atoms with Crippen molar-refractivity contribution < 1.29 is 13.2 Å². The summed E-state index contributed by atoms with van der Waals surface area (Å²) in [5, 5.41) is 2.87. The highest BCUT2D eigenvalue weighted by molar-refractivity contribution is 7.91. The highest BCUT2D eigenvalue weighted by Gasteiger charge is 2.40. The van der Waals surface area contributed by atoms with Crippen LogP contribution in [0, 0.1) is 6.92 Å². The third kappa shape index (κ3) is 4.31. The molecule has 0 fully saturated rings. The van der Waals surface area contributed by atoms with E-state index in [-0.39, 0.29) is 16.6 Å². The third-order valence-electron chi connectivity index (χ3n) is 4.80. The summed E-state index contributed by atoms with van der Waals surface area (Å²) < 4.78 is 26.1. The van der Waals surface area contributed by atoms with Crippen molar-refractivity contribution in [2.24, 2.45) is 0 Å². The summed E-state index contributed by atoms with van der Waals surface area (Å²) in [6.07, 6.45) is 0. The molecule has 0 saturated carbocycles. The average Bonchev–Trinajstić information content (AvgIpc) is 2.69. The van der Waals surface area contributed by atoms with Gasteiger partial charge in [0.15, 0.2) is 9.84 Å². The number of nitrogens with one attached hydrogen (secondary N) is 1. The average molecular weight is 394 g/mol. The molecular formula is C23H23NO3S. The first kappa shape index (κ1) is 19.8. The van der Waals surface area contributed by atoms with Crippen LogP contribution in [0.4, 0.5) is 5.69 Å². The first-order valence-electron chi connectivity index (χ1n) is 9.03. The minimum Gasteiger partial charge on any atom is -0.325 e. The molecule has 3 rings (SSSR count). The predicted molar refractivity (Wildman–Crippen MR) is 112 cm³/mol. The summed E-state index contributed by atoms with van der Waals surface area (Å²) >= 11 is 0. The molecular weight excluding hydrogens is 370 g/mol.